The molecule has 0 saturated heterocycles. The molecule has 1 N–H and O–H groups in total. The highest BCUT2D eigenvalue weighted by molar-refractivity contribution is 9.10. The van der Waals surface area contributed by atoms with Gasteiger partial charge in [-0.3, -0.25) is 9.48 Å². The van der Waals surface area contributed by atoms with Crippen LogP contribution in [0, 0.1) is 0 Å². The van der Waals surface area contributed by atoms with Crippen LogP contribution in [0.15, 0.2) is 22.1 Å². The van der Waals surface area contributed by atoms with Crippen LogP contribution in [-0.4, -0.2) is 20.9 Å². The average Bonchev–Trinajstić information content (AvgIpc) is 2.72. The van der Waals surface area contributed by atoms with Crippen molar-refractivity contribution < 1.29 is 9.90 Å². The summed E-state index contributed by atoms with van der Waals surface area (Å²) in [7, 11) is 1.79. The molecule has 16 heavy (non-hydrogen) atoms. The van der Waals surface area contributed by atoms with E-state index in [0.717, 1.165) is 14.9 Å². The summed E-state index contributed by atoms with van der Waals surface area (Å²) in [5.74, 6) is -0.865. The molecule has 0 saturated carbocycles. The molecule has 0 aliphatic heterocycles. The van der Waals surface area contributed by atoms with E-state index in [4.69, 9.17) is 5.11 Å². The van der Waals surface area contributed by atoms with Crippen molar-refractivity contribution in [3.8, 4) is 10.4 Å². The molecule has 0 aliphatic rings. The number of thiophene rings is 1. The van der Waals surface area contributed by atoms with E-state index in [1.165, 1.54) is 0 Å². The molecule has 2 aromatic heterocycles. The van der Waals surface area contributed by atoms with Crippen LogP contribution in [-0.2, 0) is 18.3 Å². The lowest BCUT2D eigenvalue weighted by Gasteiger charge is -1.95. The Morgan fingerprint density at radius 1 is 1.69 bits per heavy atom. The first-order valence-electron chi connectivity index (χ1n) is 4.55. The minimum absolute atomic E-state index is 0.0499. The lowest BCUT2D eigenvalue weighted by molar-refractivity contribution is -0.136. The number of halogens is 1. The van der Waals surface area contributed by atoms with Crippen molar-refractivity contribution in [3.05, 3.63) is 27.8 Å². The van der Waals surface area contributed by atoms with E-state index in [1.807, 2.05) is 17.6 Å². The van der Waals surface area contributed by atoms with Crippen molar-refractivity contribution in [2.75, 3.05) is 0 Å². The lowest BCUT2D eigenvalue weighted by Crippen LogP contribution is -2.02. The largest absolute Gasteiger partial charge is 0.481 e. The number of hydrogen-bond donors (Lipinski definition) is 1. The Bertz CT molecular complexity index is 533. The van der Waals surface area contributed by atoms with Crippen molar-refractivity contribution in [2.45, 2.75) is 6.42 Å². The molecule has 84 valence electrons. The Balaban J connectivity index is 2.43. The summed E-state index contributed by atoms with van der Waals surface area (Å²) >= 11 is 4.94. The van der Waals surface area contributed by atoms with Gasteiger partial charge in [0.25, 0.3) is 0 Å². The molecule has 0 atom stereocenters. The fourth-order valence-corrected chi connectivity index (χ4v) is 2.93. The standard InChI is InChI=1S/C10H9BrN2O2S/c1-13-4-7(8(12-13)3-10(14)15)9-2-6(11)5-16-9/h2,4-5H,3H2,1H3,(H,14,15). The van der Waals surface area contributed by atoms with Gasteiger partial charge in [-0.25, -0.2) is 0 Å². The lowest BCUT2D eigenvalue weighted by atomic mass is 10.2. The number of carboxylic acid groups (broad SMARTS) is 1. The zero-order chi connectivity index (χ0) is 11.7. The third-order valence-electron chi connectivity index (χ3n) is 2.06. The van der Waals surface area contributed by atoms with E-state index in [9.17, 15) is 4.79 Å². The molecular formula is C10H9BrN2O2S. The van der Waals surface area contributed by atoms with Crippen LogP contribution in [0.5, 0.6) is 0 Å². The Labute approximate surface area is 105 Å². The van der Waals surface area contributed by atoms with E-state index in [1.54, 1.807) is 23.1 Å². The van der Waals surface area contributed by atoms with Gasteiger partial charge in [0.15, 0.2) is 0 Å². The summed E-state index contributed by atoms with van der Waals surface area (Å²) in [5, 5.41) is 14.9. The van der Waals surface area contributed by atoms with Gasteiger partial charge in [0.05, 0.1) is 12.1 Å². The van der Waals surface area contributed by atoms with Crippen LogP contribution >= 0.6 is 27.3 Å². The van der Waals surface area contributed by atoms with E-state index in [-0.39, 0.29) is 6.42 Å². The van der Waals surface area contributed by atoms with Gasteiger partial charge < -0.3 is 5.11 Å². The monoisotopic (exact) mass is 300 g/mol. The van der Waals surface area contributed by atoms with Gasteiger partial charge >= 0.3 is 5.97 Å². The van der Waals surface area contributed by atoms with Gasteiger partial charge in [-0.1, -0.05) is 0 Å². The second-order valence-corrected chi connectivity index (χ2v) is 5.19. The van der Waals surface area contributed by atoms with Crippen LogP contribution in [0.2, 0.25) is 0 Å². The van der Waals surface area contributed by atoms with Gasteiger partial charge in [-0.15, -0.1) is 11.3 Å². The maximum Gasteiger partial charge on any atom is 0.309 e. The van der Waals surface area contributed by atoms with Crippen LogP contribution in [0.4, 0.5) is 0 Å². The molecule has 0 radical (unpaired) electrons. The number of carbonyl (C=O) groups is 1. The van der Waals surface area contributed by atoms with E-state index in [2.05, 4.69) is 21.0 Å². The molecule has 0 aromatic carbocycles. The highest BCUT2D eigenvalue weighted by atomic mass is 79.9. The van der Waals surface area contributed by atoms with E-state index >= 15 is 0 Å². The molecule has 0 unspecified atom stereocenters. The van der Waals surface area contributed by atoms with Crippen molar-refractivity contribution in [1.29, 1.82) is 0 Å². The molecule has 0 amide bonds. The first kappa shape index (κ1) is 11.3. The maximum absolute atomic E-state index is 10.7. The van der Waals surface area contributed by atoms with Gasteiger partial charge in [0, 0.05) is 33.5 Å². The third kappa shape index (κ3) is 2.33. The second-order valence-electron chi connectivity index (χ2n) is 3.36. The minimum Gasteiger partial charge on any atom is -0.481 e. The first-order chi connectivity index (χ1) is 7.56. The van der Waals surface area contributed by atoms with Crippen molar-refractivity contribution in [3.63, 3.8) is 0 Å². The van der Waals surface area contributed by atoms with Crippen LogP contribution in [0.1, 0.15) is 5.69 Å². The molecular weight excluding hydrogens is 292 g/mol. The maximum atomic E-state index is 10.7. The van der Waals surface area contributed by atoms with Crippen LogP contribution < -0.4 is 0 Å². The minimum atomic E-state index is -0.865. The van der Waals surface area contributed by atoms with Gasteiger partial charge in [0.1, 0.15) is 0 Å². The molecule has 2 rings (SSSR count). The predicted molar refractivity (Wildman–Crippen MR) is 65.6 cm³/mol. The average molecular weight is 301 g/mol. The normalized spacial score (nSPS) is 10.6. The summed E-state index contributed by atoms with van der Waals surface area (Å²) in [6.45, 7) is 0. The molecule has 2 aromatic rings. The number of rotatable bonds is 3. The molecule has 6 heteroatoms. The highest BCUT2D eigenvalue weighted by Crippen LogP contribution is 2.31. The van der Waals surface area contributed by atoms with Crippen LogP contribution in [0.3, 0.4) is 0 Å². The number of aliphatic carboxylic acids is 1. The zero-order valence-electron chi connectivity index (χ0n) is 8.48. The summed E-state index contributed by atoms with van der Waals surface area (Å²) in [6.07, 6.45) is 1.79. The summed E-state index contributed by atoms with van der Waals surface area (Å²) < 4.78 is 2.64. The number of aromatic nitrogens is 2. The van der Waals surface area contributed by atoms with Gasteiger partial charge in [-0.05, 0) is 22.0 Å². The van der Waals surface area contributed by atoms with Gasteiger partial charge in [-0.2, -0.15) is 5.10 Å². The summed E-state index contributed by atoms with van der Waals surface area (Å²) in [4.78, 5) is 11.7. The first-order valence-corrected chi connectivity index (χ1v) is 6.22. The number of aryl methyl sites for hydroxylation is 1. The Kier molecular flexibility index (Phi) is 3.11. The SMILES string of the molecule is Cn1cc(-c2cc(Br)cs2)c(CC(=O)O)n1. The third-order valence-corrected chi connectivity index (χ3v) is 3.78. The molecule has 2 heterocycles. The summed E-state index contributed by atoms with van der Waals surface area (Å²) in [5.41, 5.74) is 1.49. The van der Waals surface area contributed by atoms with Crippen molar-refractivity contribution >= 4 is 33.2 Å². The second kappa shape index (κ2) is 4.39. The Morgan fingerprint density at radius 2 is 2.44 bits per heavy atom. The summed E-state index contributed by atoms with van der Waals surface area (Å²) in [6, 6.07) is 1.97. The van der Waals surface area contributed by atoms with E-state index in [0.29, 0.717) is 5.69 Å². The number of carboxylic acids is 1. The Hall–Kier alpha value is -1.14. The van der Waals surface area contributed by atoms with Crippen molar-refractivity contribution in [2.24, 2.45) is 7.05 Å². The fraction of sp³-hybridized carbons (Fsp3) is 0.200. The van der Waals surface area contributed by atoms with Crippen LogP contribution in [0.25, 0.3) is 10.4 Å². The molecule has 4 nitrogen and oxygen atoms in total. The molecule has 0 aliphatic carbocycles. The molecule has 0 bridgehead atoms. The quantitative estimate of drug-likeness (QED) is 0.948. The van der Waals surface area contributed by atoms with E-state index < -0.39 is 5.97 Å². The fourth-order valence-electron chi connectivity index (χ4n) is 1.47. The molecule has 0 spiro atoms. The predicted octanol–water partition coefficient (Wildman–Crippen LogP) is 2.54. The highest BCUT2D eigenvalue weighted by Gasteiger charge is 2.14. The zero-order valence-corrected chi connectivity index (χ0v) is 10.9. The topological polar surface area (TPSA) is 55.1 Å². The Morgan fingerprint density at radius 3 is 3.00 bits per heavy atom. The van der Waals surface area contributed by atoms with Crippen molar-refractivity contribution in [1.82, 2.24) is 9.78 Å². The van der Waals surface area contributed by atoms with Gasteiger partial charge in [0.2, 0.25) is 0 Å². The number of nitrogens with zero attached hydrogens (tertiary/aromatic N) is 2. The number of hydrogen-bond acceptors (Lipinski definition) is 3. The molecule has 0 fully saturated rings. The smallest absolute Gasteiger partial charge is 0.309 e.